The first-order valence-corrected chi connectivity index (χ1v) is 4.73. The fourth-order valence-corrected chi connectivity index (χ4v) is 1.19. The lowest BCUT2D eigenvalue weighted by Crippen LogP contribution is -2.08. The van der Waals surface area contributed by atoms with Crippen molar-refractivity contribution in [1.82, 2.24) is 0 Å². The Hall–Kier alpha value is -1.28. The third-order valence-corrected chi connectivity index (χ3v) is 1.88. The molecule has 2 N–H and O–H groups in total. The van der Waals surface area contributed by atoms with Gasteiger partial charge in [-0.3, -0.25) is 0 Å². The summed E-state index contributed by atoms with van der Waals surface area (Å²) in [7, 11) is 0. The summed E-state index contributed by atoms with van der Waals surface area (Å²) in [5.41, 5.74) is 7.86. The van der Waals surface area contributed by atoms with Gasteiger partial charge in [0.25, 0.3) is 0 Å². The average molecular weight is 191 g/mol. The van der Waals surface area contributed by atoms with Gasteiger partial charge in [-0.15, -0.1) is 0 Å². The van der Waals surface area contributed by atoms with E-state index in [0.29, 0.717) is 6.61 Å². The fourth-order valence-electron chi connectivity index (χ4n) is 1.19. The molecule has 1 aromatic rings. The molecule has 0 saturated carbocycles. The van der Waals surface area contributed by atoms with Crippen LogP contribution in [0.1, 0.15) is 25.5 Å². The highest BCUT2D eigenvalue weighted by Crippen LogP contribution is 2.23. The highest BCUT2D eigenvalue weighted by molar-refractivity contribution is 5.35. The molecule has 0 heterocycles. The minimum Gasteiger partial charge on any atom is -0.489 e. The molecule has 1 aromatic carbocycles. The number of rotatable bonds is 4. The third kappa shape index (κ3) is 2.89. The van der Waals surface area contributed by atoms with Crippen LogP contribution in [-0.4, -0.2) is 6.61 Å². The largest absolute Gasteiger partial charge is 0.489 e. The summed E-state index contributed by atoms with van der Waals surface area (Å²) < 4.78 is 5.58. The lowest BCUT2D eigenvalue weighted by molar-refractivity contribution is 0.347. The smallest absolute Gasteiger partial charge is 0.124 e. The molecule has 0 bridgehead atoms. The molecule has 0 saturated heterocycles. The van der Waals surface area contributed by atoms with Crippen LogP contribution in [-0.2, 0) is 0 Å². The predicted octanol–water partition coefficient (Wildman–Crippen LogP) is 2.66. The van der Waals surface area contributed by atoms with Crippen LogP contribution in [0.25, 0.3) is 0 Å². The molecule has 0 aliphatic heterocycles. The molecular weight excluding hydrogens is 174 g/mol. The Morgan fingerprint density at radius 3 is 2.71 bits per heavy atom. The molecule has 76 valence electrons. The molecule has 14 heavy (non-hydrogen) atoms. The number of nitrogens with two attached hydrogens (primary N) is 1. The van der Waals surface area contributed by atoms with Gasteiger partial charge in [-0.2, -0.15) is 0 Å². The van der Waals surface area contributed by atoms with Crippen molar-refractivity contribution in [3.63, 3.8) is 0 Å². The molecule has 1 rings (SSSR count). The van der Waals surface area contributed by atoms with Gasteiger partial charge >= 0.3 is 0 Å². The fraction of sp³-hybridized carbons (Fsp3) is 0.333. The SMILES string of the molecule is C=C(C)COc1ccccc1[C@@H](C)N. The van der Waals surface area contributed by atoms with E-state index in [9.17, 15) is 0 Å². The van der Waals surface area contributed by atoms with E-state index in [1.165, 1.54) is 0 Å². The Morgan fingerprint density at radius 2 is 2.14 bits per heavy atom. The lowest BCUT2D eigenvalue weighted by atomic mass is 10.1. The normalized spacial score (nSPS) is 12.2. The number of benzene rings is 1. The molecule has 2 heteroatoms. The van der Waals surface area contributed by atoms with Crippen molar-refractivity contribution >= 4 is 0 Å². The lowest BCUT2D eigenvalue weighted by Gasteiger charge is -2.13. The van der Waals surface area contributed by atoms with Crippen LogP contribution in [0.5, 0.6) is 5.75 Å². The summed E-state index contributed by atoms with van der Waals surface area (Å²) >= 11 is 0. The van der Waals surface area contributed by atoms with E-state index in [1.807, 2.05) is 38.1 Å². The Kier molecular flexibility index (Phi) is 3.72. The standard InChI is InChI=1S/C12H17NO/c1-9(2)8-14-12-7-5-4-6-11(12)10(3)13/h4-7,10H,1,8,13H2,2-3H3/t10-/m1/s1. The Morgan fingerprint density at radius 1 is 1.50 bits per heavy atom. The zero-order chi connectivity index (χ0) is 10.6. The molecule has 0 amide bonds. The summed E-state index contributed by atoms with van der Waals surface area (Å²) in [5.74, 6) is 0.852. The topological polar surface area (TPSA) is 35.2 Å². The van der Waals surface area contributed by atoms with Gasteiger partial charge < -0.3 is 10.5 Å². The van der Waals surface area contributed by atoms with E-state index in [4.69, 9.17) is 10.5 Å². The summed E-state index contributed by atoms with van der Waals surface area (Å²) in [6.07, 6.45) is 0. The maximum Gasteiger partial charge on any atom is 0.124 e. The molecule has 0 fully saturated rings. The second-order valence-electron chi connectivity index (χ2n) is 3.57. The summed E-state index contributed by atoms with van der Waals surface area (Å²) in [6.45, 7) is 8.22. The van der Waals surface area contributed by atoms with Crippen molar-refractivity contribution in [2.24, 2.45) is 5.73 Å². The monoisotopic (exact) mass is 191 g/mol. The van der Waals surface area contributed by atoms with Crippen molar-refractivity contribution in [1.29, 1.82) is 0 Å². The van der Waals surface area contributed by atoms with E-state index in [-0.39, 0.29) is 6.04 Å². The van der Waals surface area contributed by atoms with Gasteiger partial charge in [-0.25, -0.2) is 0 Å². The van der Waals surface area contributed by atoms with Gasteiger partial charge in [-0.05, 0) is 25.5 Å². The molecule has 0 aliphatic rings. The molecule has 0 unspecified atom stereocenters. The van der Waals surface area contributed by atoms with Gasteiger partial charge in [0, 0.05) is 11.6 Å². The van der Waals surface area contributed by atoms with Gasteiger partial charge in [0.2, 0.25) is 0 Å². The van der Waals surface area contributed by atoms with Crippen molar-refractivity contribution in [3.8, 4) is 5.75 Å². The molecule has 0 spiro atoms. The molecular formula is C12H17NO. The van der Waals surface area contributed by atoms with Crippen molar-refractivity contribution in [2.75, 3.05) is 6.61 Å². The third-order valence-electron chi connectivity index (χ3n) is 1.88. The van der Waals surface area contributed by atoms with Gasteiger partial charge in [0.05, 0.1) is 0 Å². The highest BCUT2D eigenvalue weighted by atomic mass is 16.5. The number of hydrogen-bond acceptors (Lipinski definition) is 2. The van der Waals surface area contributed by atoms with Crippen LogP contribution in [0.4, 0.5) is 0 Å². The Balaban J connectivity index is 2.79. The first-order valence-electron chi connectivity index (χ1n) is 4.73. The number of ether oxygens (including phenoxy) is 1. The first kappa shape index (κ1) is 10.8. The maximum atomic E-state index is 5.82. The predicted molar refractivity (Wildman–Crippen MR) is 59.4 cm³/mol. The summed E-state index contributed by atoms with van der Waals surface area (Å²) in [4.78, 5) is 0. The minimum absolute atomic E-state index is 0.00341. The first-order chi connectivity index (χ1) is 6.61. The second-order valence-corrected chi connectivity index (χ2v) is 3.57. The number of para-hydroxylation sites is 1. The summed E-state index contributed by atoms with van der Waals surface area (Å²) in [6, 6.07) is 7.82. The molecule has 0 aromatic heterocycles. The Labute approximate surface area is 85.4 Å². The van der Waals surface area contributed by atoms with E-state index in [1.54, 1.807) is 0 Å². The van der Waals surface area contributed by atoms with Crippen LogP contribution in [0.2, 0.25) is 0 Å². The van der Waals surface area contributed by atoms with Gasteiger partial charge in [-0.1, -0.05) is 24.8 Å². The zero-order valence-electron chi connectivity index (χ0n) is 8.79. The van der Waals surface area contributed by atoms with Gasteiger partial charge in [0.15, 0.2) is 0 Å². The number of hydrogen-bond donors (Lipinski definition) is 1. The van der Waals surface area contributed by atoms with E-state index in [2.05, 4.69) is 6.58 Å². The Bertz CT molecular complexity index is 318. The van der Waals surface area contributed by atoms with Crippen LogP contribution in [0.3, 0.4) is 0 Å². The second kappa shape index (κ2) is 4.82. The molecule has 2 nitrogen and oxygen atoms in total. The van der Waals surface area contributed by atoms with Crippen LogP contribution in [0, 0.1) is 0 Å². The van der Waals surface area contributed by atoms with Crippen molar-refractivity contribution in [2.45, 2.75) is 19.9 Å². The van der Waals surface area contributed by atoms with Gasteiger partial charge in [0.1, 0.15) is 12.4 Å². The molecule has 0 aliphatic carbocycles. The van der Waals surface area contributed by atoms with E-state index in [0.717, 1.165) is 16.9 Å². The molecule has 0 radical (unpaired) electrons. The van der Waals surface area contributed by atoms with Crippen LogP contribution >= 0.6 is 0 Å². The quantitative estimate of drug-likeness (QED) is 0.742. The maximum absolute atomic E-state index is 5.82. The van der Waals surface area contributed by atoms with E-state index >= 15 is 0 Å². The van der Waals surface area contributed by atoms with Crippen molar-refractivity contribution in [3.05, 3.63) is 42.0 Å². The average Bonchev–Trinajstić information content (AvgIpc) is 2.15. The van der Waals surface area contributed by atoms with Crippen molar-refractivity contribution < 1.29 is 4.74 Å². The zero-order valence-corrected chi connectivity index (χ0v) is 8.79. The van der Waals surface area contributed by atoms with E-state index < -0.39 is 0 Å². The van der Waals surface area contributed by atoms with Crippen LogP contribution in [0.15, 0.2) is 36.4 Å². The van der Waals surface area contributed by atoms with Crippen LogP contribution < -0.4 is 10.5 Å². The minimum atomic E-state index is -0.00341. The highest BCUT2D eigenvalue weighted by Gasteiger charge is 2.06. The summed E-state index contributed by atoms with van der Waals surface area (Å²) in [5, 5.41) is 0. The molecule has 1 atom stereocenters.